The minimum absolute atomic E-state index is 0. The van der Waals surface area contributed by atoms with Crippen LogP contribution in [0.15, 0.2) is 59.1 Å². The number of para-hydroxylation sites is 1. The second kappa shape index (κ2) is 7.98. The summed E-state index contributed by atoms with van der Waals surface area (Å²) in [4.78, 5) is 0. The van der Waals surface area contributed by atoms with Gasteiger partial charge in [0.05, 0.1) is 0 Å². The molecule has 2 atom stereocenters. The number of aromatic nitrogens is 1. The van der Waals surface area contributed by atoms with Crippen LogP contribution in [-0.4, -0.2) is 37.5 Å². The Bertz CT molecular complexity index is 1010. The molecule has 1 aliphatic heterocycles. The van der Waals surface area contributed by atoms with E-state index in [1.165, 1.54) is 0 Å². The lowest BCUT2D eigenvalue weighted by atomic mass is 9.89. The molecule has 27 heavy (non-hydrogen) atoms. The average molecular weight is 408 g/mol. The van der Waals surface area contributed by atoms with E-state index in [4.69, 9.17) is 10.3 Å². The van der Waals surface area contributed by atoms with Gasteiger partial charge in [0.25, 0.3) is 0 Å². The Morgan fingerprint density at radius 3 is 2.52 bits per heavy atom. The van der Waals surface area contributed by atoms with Crippen LogP contribution in [0, 0.1) is 5.92 Å². The van der Waals surface area contributed by atoms with Crippen LogP contribution in [0.1, 0.15) is 17.2 Å². The zero-order chi connectivity index (χ0) is 18.1. The van der Waals surface area contributed by atoms with E-state index in [1.54, 1.807) is 10.4 Å². The van der Waals surface area contributed by atoms with Crippen molar-refractivity contribution >= 4 is 33.4 Å². The first-order chi connectivity index (χ1) is 12.6. The third kappa shape index (κ3) is 3.87. The van der Waals surface area contributed by atoms with E-state index >= 15 is 0 Å². The number of hydrogen-bond donors (Lipinski definition) is 1. The van der Waals surface area contributed by atoms with Crippen LogP contribution < -0.4 is 5.73 Å². The van der Waals surface area contributed by atoms with E-state index in [1.807, 2.05) is 48.5 Å². The Hall–Kier alpha value is -1.93. The number of rotatable bonds is 5. The van der Waals surface area contributed by atoms with E-state index in [0.29, 0.717) is 30.9 Å². The highest BCUT2D eigenvalue weighted by atomic mass is 35.5. The van der Waals surface area contributed by atoms with E-state index in [0.717, 1.165) is 10.9 Å². The summed E-state index contributed by atoms with van der Waals surface area (Å²) in [5, 5.41) is 4.70. The molecule has 3 aromatic rings. The lowest BCUT2D eigenvalue weighted by Gasteiger charge is -2.16. The molecular formula is C19H22ClN3O3S. The van der Waals surface area contributed by atoms with Crippen molar-refractivity contribution in [1.82, 2.24) is 9.46 Å². The second-order valence-electron chi connectivity index (χ2n) is 6.71. The van der Waals surface area contributed by atoms with Crippen LogP contribution in [0.4, 0.5) is 0 Å². The molecular weight excluding hydrogens is 386 g/mol. The maximum Gasteiger partial charge on any atom is 0.220 e. The predicted octanol–water partition coefficient (Wildman–Crippen LogP) is 2.75. The lowest BCUT2D eigenvalue weighted by molar-refractivity contribution is 0.440. The molecule has 0 aliphatic carbocycles. The average Bonchev–Trinajstić information content (AvgIpc) is 3.27. The molecule has 0 saturated carbocycles. The van der Waals surface area contributed by atoms with Gasteiger partial charge in [-0.3, -0.25) is 0 Å². The van der Waals surface area contributed by atoms with E-state index in [9.17, 15) is 8.42 Å². The quantitative estimate of drug-likeness (QED) is 0.702. The summed E-state index contributed by atoms with van der Waals surface area (Å²) in [7, 11) is -3.50. The number of benzene rings is 2. The maximum absolute atomic E-state index is 13.0. The van der Waals surface area contributed by atoms with Crippen molar-refractivity contribution in [3.8, 4) is 0 Å². The van der Waals surface area contributed by atoms with Crippen molar-refractivity contribution in [3.05, 3.63) is 65.9 Å². The molecule has 8 heteroatoms. The molecule has 4 rings (SSSR count). The van der Waals surface area contributed by atoms with Crippen molar-refractivity contribution < 1.29 is 12.9 Å². The largest absolute Gasteiger partial charge is 0.356 e. The first-order valence-electron chi connectivity index (χ1n) is 8.64. The highest BCUT2D eigenvalue weighted by Gasteiger charge is 2.39. The van der Waals surface area contributed by atoms with Gasteiger partial charge >= 0.3 is 0 Å². The molecule has 0 unspecified atom stereocenters. The molecule has 6 nitrogen and oxygen atoms in total. The summed E-state index contributed by atoms with van der Waals surface area (Å²) in [5.41, 5.74) is 8.11. The zero-order valence-corrected chi connectivity index (χ0v) is 16.3. The first-order valence-corrected chi connectivity index (χ1v) is 10.3. The maximum atomic E-state index is 13.0. The predicted molar refractivity (Wildman–Crippen MR) is 107 cm³/mol. The zero-order valence-electron chi connectivity index (χ0n) is 14.7. The van der Waals surface area contributed by atoms with Crippen LogP contribution >= 0.6 is 12.4 Å². The fraction of sp³-hybridized carbons (Fsp3) is 0.316. The van der Waals surface area contributed by atoms with Crippen molar-refractivity contribution in [2.75, 3.05) is 19.6 Å². The van der Waals surface area contributed by atoms with Crippen molar-refractivity contribution in [2.45, 2.75) is 11.7 Å². The number of sulfonamides is 1. The monoisotopic (exact) mass is 407 g/mol. The van der Waals surface area contributed by atoms with Crippen LogP contribution in [-0.2, 0) is 15.8 Å². The number of hydrogen-bond acceptors (Lipinski definition) is 5. The van der Waals surface area contributed by atoms with Gasteiger partial charge < -0.3 is 10.3 Å². The van der Waals surface area contributed by atoms with E-state index in [2.05, 4.69) is 5.16 Å². The van der Waals surface area contributed by atoms with Gasteiger partial charge in [0.2, 0.25) is 10.0 Å². The third-order valence-electron chi connectivity index (χ3n) is 5.10. The molecule has 0 bridgehead atoms. The standard InChI is InChI=1S/C19H21N3O3S.ClH/c20-10-15-11-22(12-17(15)14-6-2-1-3-7-14)26(23,24)13-18-16-8-4-5-9-19(16)25-21-18;/h1-9,15,17H,10-13,20H2;1H/t15-,17+;/m1./s1. The molecule has 1 aliphatic rings. The summed E-state index contributed by atoms with van der Waals surface area (Å²) in [5.74, 6) is 0.0641. The van der Waals surface area contributed by atoms with Crippen molar-refractivity contribution in [3.63, 3.8) is 0 Å². The van der Waals surface area contributed by atoms with Crippen molar-refractivity contribution in [1.29, 1.82) is 0 Å². The van der Waals surface area contributed by atoms with Crippen LogP contribution in [0.25, 0.3) is 11.0 Å². The van der Waals surface area contributed by atoms with Gasteiger partial charge in [-0.05, 0) is 30.2 Å². The number of halogens is 1. The number of fused-ring (bicyclic) bond motifs is 1. The van der Waals surface area contributed by atoms with Gasteiger partial charge in [-0.25, -0.2) is 12.7 Å². The van der Waals surface area contributed by atoms with Gasteiger partial charge in [-0.1, -0.05) is 47.6 Å². The molecule has 0 radical (unpaired) electrons. The van der Waals surface area contributed by atoms with Crippen molar-refractivity contribution in [2.24, 2.45) is 11.7 Å². The first kappa shape index (κ1) is 19.8. The highest BCUT2D eigenvalue weighted by molar-refractivity contribution is 7.88. The minimum atomic E-state index is -3.50. The lowest BCUT2D eigenvalue weighted by Crippen LogP contribution is -2.31. The molecule has 0 spiro atoms. The summed E-state index contributed by atoms with van der Waals surface area (Å²) in [6.07, 6.45) is 0. The van der Waals surface area contributed by atoms with Gasteiger partial charge in [-0.15, -0.1) is 12.4 Å². The molecule has 1 aromatic heterocycles. The normalized spacial score (nSPS) is 20.6. The van der Waals surface area contributed by atoms with Gasteiger partial charge in [0.1, 0.15) is 11.4 Å². The highest BCUT2D eigenvalue weighted by Crippen LogP contribution is 2.34. The van der Waals surface area contributed by atoms with Gasteiger partial charge in [-0.2, -0.15) is 0 Å². The Balaban J connectivity index is 0.00000210. The summed E-state index contributed by atoms with van der Waals surface area (Å²) >= 11 is 0. The molecule has 144 valence electrons. The summed E-state index contributed by atoms with van der Waals surface area (Å²) in [6.45, 7) is 1.34. The molecule has 1 fully saturated rings. The molecule has 2 heterocycles. The van der Waals surface area contributed by atoms with Crippen LogP contribution in [0.2, 0.25) is 0 Å². The van der Waals surface area contributed by atoms with Gasteiger partial charge in [0.15, 0.2) is 5.58 Å². The Morgan fingerprint density at radius 2 is 1.78 bits per heavy atom. The molecule has 2 N–H and O–H groups in total. The molecule has 0 amide bonds. The smallest absolute Gasteiger partial charge is 0.220 e. The Kier molecular flexibility index (Phi) is 5.86. The minimum Gasteiger partial charge on any atom is -0.356 e. The Labute approximate surface area is 164 Å². The summed E-state index contributed by atoms with van der Waals surface area (Å²) < 4.78 is 32.8. The van der Waals surface area contributed by atoms with Crippen LogP contribution in [0.5, 0.6) is 0 Å². The van der Waals surface area contributed by atoms with E-state index in [-0.39, 0.29) is 30.0 Å². The molecule has 1 saturated heterocycles. The molecule has 2 aromatic carbocycles. The van der Waals surface area contributed by atoms with E-state index < -0.39 is 10.0 Å². The fourth-order valence-electron chi connectivity index (χ4n) is 3.68. The SMILES string of the molecule is Cl.NC[C@@H]1CN(S(=O)(=O)Cc2noc3ccccc23)C[C@H]1c1ccccc1. The summed E-state index contributed by atoms with van der Waals surface area (Å²) in [6, 6.07) is 17.3. The second-order valence-corrected chi connectivity index (χ2v) is 8.68. The number of nitrogens with two attached hydrogens (primary N) is 1. The fourth-order valence-corrected chi connectivity index (χ4v) is 5.22. The topological polar surface area (TPSA) is 89.4 Å². The van der Waals surface area contributed by atoms with Crippen LogP contribution in [0.3, 0.4) is 0 Å². The third-order valence-corrected chi connectivity index (χ3v) is 6.83. The Morgan fingerprint density at radius 1 is 1.07 bits per heavy atom. The number of nitrogens with zero attached hydrogens (tertiary/aromatic N) is 2. The van der Waals surface area contributed by atoms with Gasteiger partial charge in [0, 0.05) is 24.4 Å².